The number of hydrogen-bond donors (Lipinski definition) is 1. The van der Waals surface area contributed by atoms with Crippen LogP contribution in [0.2, 0.25) is 0 Å². The fraction of sp³-hybridized carbons (Fsp3) is 0.647. The molecule has 110 valence electrons. The van der Waals surface area contributed by atoms with Gasteiger partial charge in [-0.25, -0.2) is 0 Å². The van der Waals surface area contributed by atoms with E-state index in [1.54, 1.807) is 0 Å². The van der Waals surface area contributed by atoms with Gasteiger partial charge in [0.05, 0.1) is 6.61 Å². The quantitative estimate of drug-likeness (QED) is 0.919. The van der Waals surface area contributed by atoms with Gasteiger partial charge in [-0.05, 0) is 50.8 Å². The van der Waals surface area contributed by atoms with E-state index in [-0.39, 0.29) is 11.1 Å². The normalized spacial score (nSPS) is 27.9. The van der Waals surface area contributed by atoms with Crippen LogP contribution in [-0.2, 0) is 17.7 Å². The van der Waals surface area contributed by atoms with E-state index in [2.05, 4.69) is 44.3 Å². The molecule has 1 saturated heterocycles. The molecule has 3 rings (SSSR count). The van der Waals surface area contributed by atoms with Gasteiger partial charge in [0, 0.05) is 25.1 Å². The van der Waals surface area contributed by atoms with E-state index in [1.165, 1.54) is 17.5 Å². The first kappa shape index (κ1) is 13.9. The monoisotopic (exact) mass is 275 g/mol. The first-order valence-corrected chi connectivity index (χ1v) is 7.59. The van der Waals surface area contributed by atoms with Crippen LogP contribution < -0.4 is 10.1 Å². The van der Waals surface area contributed by atoms with Crippen molar-refractivity contribution < 1.29 is 9.47 Å². The van der Waals surface area contributed by atoms with Crippen LogP contribution in [0.4, 0.5) is 0 Å². The zero-order valence-electron chi connectivity index (χ0n) is 12.8. The zero-order valence-corrected chi connectivity index (χ0v) is 12.8. The van der Waals surface area contributed by atoms with Crippen molar-refractivity contribution in [2.75, 3.05) is 13.2 Å². The van der Waals surface area contributed by atoms with Crippen LogP contribution in [0.5, 0.6) is 5.75 Å². The highest BCUT2D eigenvalue weighted by molar-refractivity contribution is 5.41. The van der Waals surface area contributed by atoms with Crippen molar-refractivity contribution in [2.45, 2.75) is 57.7 Å². The molecule has 1 N–H and O–H groups in total. The highest BCUT2D eigenvalue weighted by Crippen LogP contribution is 2.35. The van der Waals surface area contributed by atoms with E-state index in [0.29, 0.717) is 0 Å². The molecule has 1 aromatic carbocycles. The summed E-state index contributed by atoms with van der Waals surface area (Å²) in [5, 5.41) is 3.66. The summed E-state index contributed by atoms with van der Waals surface area (Å²) in [6, 6.07) is 6.56. The predicted molar refractivity (Wildman–Crippen MR) is 80.2 cm³/mol. The van der Waals surface area contributed by atoms with Gasteiger partial charge in [0.25, 0.3) is 0 Å². The lowest BCUT2D eigenvalue weighted by atomic mass is 9.94. The second-order valence-corrected chi connectivity index (χ2v) is 7.05. The maximum Gasteiger partial charge on any atom is 0.123 e. The maximum absolute atomic E-state index is 5.92. The number of nitrogens with one attached hydrogen (secondary N) is 1. The van der Waals surface area contributed by atoms with Gasteiger partial charge in [0.2, 0.25) is 0 Å². The Balaban J connectivity index is 1.65. The average molecular weight is 275 g/mol. The molecule has 0 saturated carbocycles. The molecule has 1 unspecified atom stereocenters. The summed E-state index contributed by atoms with van der Waals surface area (Å²) >= 11 is 0. The van der Waals surface area contributed by atoms with Crippen LogP contribution in [0.25, 0.3) is 0 Å². The summed E-state index contributed by atoms with van der Waals surface area (Å²) in [5.41, 5.74) is 2.72. The molecule has 20 heavy (non-hydrogen) atoms. The first-order chi connectivity index (χ1) is 9.46. The summed E-state index contributed by atoms with van der Waals surface area (Å²) in [6.07, 6.45) is 3.33. The van der Waals surface area contributed by atoms with Gasteiger partial charge >= 0.3 is 0 Å². The van der Waals surface area contributed by atoms with Gasteiger partial charge in [-0.1, -0.05) is 12.1 Å². The third kappa shape index (κ3) is 2.99. The Morgan fingerprint density at radius 1 is 1.25 bits per heavy atom. The molecule has 0 spiro atoms. The average Bonchev–Trinajstić information content (AvgIpc) is 2.70. The highest BCUT2D eigenvalue weighted by Gasteiger charge is 2.30. The second kappa shape index (κ2) is 5.05. The molecule has 0 bridgehead atoms. The number of rotatable bonds is 3. The lowest BCUT2D eigenvalue weighted by Crippen LogP contribution is -2.48. The van der Waals surface area contributed by atoms with Gasteiger partial charge in [-0.3, -0.25) is 0 Å². The molecular formula is C17H25NO2. The topological polar surface area (TPSA) is 30.5 Å². The van der Waals surface area contributed by atoms with E-state index >= 15 is 0 Å². The maximum atomic E-state index is 5.92. The SMILES string of the molecule is CC1(NCc2ccc3c(c2)CC(C)(C)O3)CCCOC1. The smallest absolute Gasteiger partial charge is 0.123 e. The van der Waals surface area contributed by atoms with E-state index in [4.69, 9.17) is 9.47 Å². The molecule has 0 radical (unpaired) electrons. The Morgan fingerprint density at radius 3 is 2.85 bits per heavy atom. The van der Waals surface area contributed by atoms with Crippen molar-refractivity contribution in [1.82, 2.24) is 5.32 Å². The Morgan fingerprint density at radius 2 is 2.10 bits per heavy atom. The van der Waals surface area contributed by atoms with Crippen molar-refractivity contribution in [2.24, 2.45) is 0 Å². The summed E-state index contributed by atoms with van der Waals surface area (Å²) in [5.74, 6) is 1.05. The summed E-state index contributed by atoms with van der Waals surface area (Å²) < 4.78 is 11.5. The minimum Gasteiger partial charge on any atom is -0.487 e. The Kier molecular flexibility index (Phi) is 3.51. The van der Waals surface area contributed by atoms with Crippen molar-refractivity contribution in [3.05, 3.63) is 29.3 Å². The Bertz CT molecular complexity index is 490. The fourth-order valence-electron chi connectivity index (χ4n) is 3.16. The molecule has 2 aliphatic heterocycles. The van der Waals surface area contributed by atoms with Gasteiger partial charge in [-0.2, -0.15) is 0 Å². The fourth-order valence-corrected chi connectivity index (χ4v) is 3.16. The number of ether oxygens (including phenoxy) is 2. The van der Waals surface area contributed by atoms with Crippen molar-refractivity contribution in [3.63, 3.8) is 0 Å². The minimum absolute atomic E-state index is 0.0580. The molecule has 0 amide bonds. The third-order valence-electron chi connectivity index (χ3n) is 4.28. The lowest BCUT2D eigenvalue weighted by molar-refractivity contribution is 0.0278. The molecular weight excluding hydrogens is 250 g/mol. The molecule has 3 heteroatoms. The molecule has 2 aliphatic rings. The van der Waals surface area contributed by atoms with Crippen molar-refractivity contribution >= 4 is 0 Å². The summed E-state index contributed by atoms with van der Waals surface area (Å²) in [7, 11) is 0. The zero-order chi connectivity index (χ0) is 14.2. The molecule has 1 fully saturated rings. The van der Waals surface area contributed by atoms with Gasteiger partial charge in [0.15, 0.2) is 0 Å². The van der Waals surface area contributed by atoms with E-state index in [9.17, 15) is 0 Å². The van der Waals surface area contributed by atoms with Gasteiger partial charge in [0.1, 0.15) is 11.4 Å². The minimum atomic E-state index is -0.0580. The summed E-state index contributed by atoms with van der Waals surface area (Å²) in [6.45, 7) is 9.16. The Hall–Kier alpha value is -1.06. The van der Waals surface area contributed by atoms with E-state index < -0.39 is 0 Å². The predicted octanol–water partition coefficient (Wildman–Crippen LogP) is 3.06. The van der Waals surface area contributed by atoms with Crippen LogP contribution in [0.15, 0.2) is 18.2 Å². The second-order valence-electron chi connectivity index (χ2n) is 7.05. The lowest BCUT2D eigenvalue weighted by Gasteiger charge is -2.34. The van der Waals surface area contributed by atoms with E-state index in [1.807, 2.05) is 0 Å². The van der Waals surface area contributed by atoms with Gasteiger partial charge < -0.3 is 14.8 Å². The van der Waals surface area contributed by atoms with E-state index in [0.717, 1.165) is 38.3 Å². The molecule has 1 atom stereocenters. The number of hydrogen-bond acceptors (Lipinski definition) is 3. The van der Waals surface area contributed by atoms with Crippen LogP contribution in [0, 0.1) is 0 Å². The first-order valence-electron chi connectivity index (χ1n) is 7.59. The van der Waals surface area contributed by atoms with Crippen LogP contribution in [0.3, 0.4) is 0 Å². The van der Waals surface area contributed by atoms with Crippen LogP contribution >= 0.6 is 0 Å². The largest absolute Gasteiger partial charge is 0.487 e. The molecule has 0 aromatic heterocycles. The molecule has 1 aromatic rings. The molecule has 0 aliphatic carbocycles. The highest BCUT2D eigenvalue weighted by atomic mass is 16.5. The van der Waals surface area contributed by atoms with Crippen molar-refractivity contribution in [3.8, 4) is 5.75 Å². The van der Waals surface area contributed by atoms with Crippen LogP contribution in [0.1, 0.15) is 44.7 Å². The third-order valence-corrected chi connectivity index (χ3v) is 4.28. The standard InChI is InChI=1S/C17H25NO2/c1-16(2)10-14-9-13(5-6-15(14)20-16)11-18-17(3)7-4-8-19-12-17/h5-6,9,18H,4,7-8,10-12H2,1-3H3. The Labute approximate surface area is 121 Å². The van der Waals surface area contributed by atoms with Gasteiger partial charge in [-0.15, -0.1) is 0 Å². The van der Waals surface area contributed by atoms with Crippen LogP contribution in [-0.4, -0.2) is 24.4 Å². The molecule has 3 nitrogen and oxygen atoms in total. The number of fused-ring (bicyclic) bond motifs is 1. The molecule has 2 heterocycles. The summed E-state index contributed by atoms with van der Waals surface area (Å²) in [4.78, 5) is 0. The van der Waals surface area contributed by atoms with Crippen molar-refractivity contribution in [1.29, 1.82) is 0 Å². The number of benzene rings is 1.